The first-order valence-corrected chi connectivity index (χ1v) is 11.7. The third-order valence-electron chi connectivity index (χ3n) is 5.73. The molecule has 0 fully saturated rings. The standard InChI is InChI=1S/C21H35N5O4S/c1-4-5-6-7-13-29-20-19(24-31-25-20)16-9-8-12-26(3,14-16)15(2)30-21(28)17(22)10-11-18(23)27/h9,15,17H,4-8,10-14,22H2,1-3H3,(H-,23,27)/p+1/t15-,17+,26?/m1/s1. The van der Waals surface area contributed by atoms with Crippen LogP contribution in [0.1, 0.15) is 64.5 Å². The summed E-state index contributed by atoms with van der Waals surface area (Å²) in [7, 11) is 2.05. The molecule has 0 saturated carbocycles. The number of hydrogen-bond acceptors (Lipinski definition) is 8. The van der Waals surface area contributed by atoms with E-state index in [1.54, 1.807) is 0 Å². The van der Waals surface area contributed by atoms with Crippen molar-refractivity contribution in [2.24, 2.45) is 11.5 Å². The maximum Gasteiger partial charge on any atom is 0.327 e. The van der Waals surface area contributed by atoms with Crippen molar-refractivity contribution in [3.8, 4) is 5.88 Å². The Labute approximate surface area is 188 Å². The Morgan fingerprint density at radius 1 is 1.29 bits per heavy atom. The average molecular weight is 455 g/mol. The second-order valence-electron chi connectivity index (χ2n) is 8.35. The van der Waals surface area contributed by atoms with Gasteiger partial charge in [0.1, 0.15) is 18.3 Å². The van der Waals surface area contributed by atoms with Gasteiger partial charge in [-0.2, -0.15) is 4.37 Å². The number of primary amides is 1. The van der Waals surface area contributed by atoms with Gasteiger partial charge in [-0.25, -0.2) is 0 Å². The van der Waals surface area contributed by atoms with Crippen LogP contribution in [-0.2, 0) is 14.3 Å². The van der Waals surface area contributed by atoms with E-state index in [1.165, 1.54) is 12.8 Å². The third-order valence-corrected chi connectivity index (χ3v) is 6.24. The molecule has 31 heavy (non-hydrogen) atoms. The van der Waals surface area contributed by atoms with Crippen LogP contribution in [0, 0.1) is 0 Å². The van der Waals surface area contributed by atoms with Crippen molar-refractivity contribution in [1.82, 2.24) is 8.75 Å². The van der Waals surface area contributed by atoms with Crippen LogP contribution in [0.25, 0.3) is 5.57 Å². The van der Waals surface area contributed by atoms with E-state index in [1.807, 2.05) is 14.0 Å². The molecule has 10 heteroatoms. The molecule has 0 aliphatic carbocycles. The minimum Gasteiger partial charge on any atom is -0.475 e. The SMILES string of the molecule is CCCCCCOc1nsnc1C1=CCC[N+](C)([C@@H](C)OC(=O)[C@@H](N)CCC(N)=O)C1. The summed E-state index contributed by atoms with van der Waals surface area (Å²) in [5.41, 5.74) is 12.8. The lowest BCUT2D eigenvalue weighted by molar-refractivity contribution is -0.944. The Kier molecular flexibility index (Phi) is 9.86. The monoisotopic (exact) mass is 454 g/mol. The molecule has 0 spiro atoms. The molecule has 0 saturated heterocycles. The van der Waals surface area contributed by atoms with Crippen molar-refractivity contribution in [2.75, 3.05) is 26.7 Å². The molecule has 0 bridgehead atoms. The number of ether oxygens (including phenoxy) is 2. The molecular formula is C21H36N5O4S+. The van der Waals surface area contributed by atoms with Crippen molar-refractivity contribution < 1.29 is 23.5 Å². The third kappa shape index (κ3) is 7.55. The summed E-state index contributed by atoms with van der Waals surface area (Å²) in [6.45, 7) is 6.14. The number of nitrogens with two attached hydrogens (primary N) is 2. The van der Waals surface area contributed by atoms with Gasteiger partial charge in [0.05, 0.1) is 31.9 Å². The molecule has 2 heterocycles. The maximum absolute atomic E-state index is 12.3. The molecule has 174 valence electrons. The van der Waals surface area contributed by atoms with Crippen LogP contribution in [0.15, 0.2) is 6.08 Å². The quantitative estimate of drug-likeness (QED) is 0.265. The maximum atomic E-state index is 12.3. The highest BCUT2D eigenvalue weighted by Gasteiger charge is 2.37. The van der Waals surface area contributed by atoms with E-state index >= 15 is 0 Å². The first-order valence-electron chi connectivity index (χ1n) is 11.0. The molecule has 1 aliphatic heterocycles. The predicted octanol–water partition coefficient (Wildman–Crippen LogP) is 2.21. The van der Waals surface area contributed by atoms with E-state index in [0.717, 1.165) is 48.8 Å². The van der Waals surface area contributed by atoms with Crippen LogP contribution in [-0.4, -0.2) is 64.1 Å². The topological polar surface area (TPSA) is 130 Å². The largest absolute Gasteiger partial charge is 0.475 e. The molecule has 1 amide bonds. The molecular weight excluding hydrogens is 418 g/mol. The van der Waals surface area contributed by atoms with Gasteiger partial charge in [0.25, 0.3) is 5.88 Å². The minimum atomic E-state index is -0.864. The smallest absolute Gasteiger partial charge is 0.327 e. The molecule has 1 unspecified atom stereocenters. The van der Waals surface area contributed by atoms with Gasteiger partial charge >= 0.3 is 5.97 Å². The first-order chi connectivity index (χ1) is 14.8. The zero-order valence-electron chi connectivity index (χ0n) is 18.8. The minimum absolute atomic E-state index is 0.0572. The van der Waals surface area contributed by atoms with Crippen molar-refractivity contribution in [3.05, 3.63) is 11.8 Å². The number of quaternary nitrogens is 1. The van der Waals surface area contributed by atoms with Gasteiger partial charge in [0.2, 0.25) is 12.1 Å². The zero-order valence-corrected chi connectivity index (χ0v) is 19.7. The number of aromatic nitrogens is 2. The molecule has 0 radical (unpaired) electrons. The van der Waals surface area contributed by atoms with Gasteiger partial charge in [-0.1, -0.05) is 32.3 Å². The fourth-order valence-electron chi connectivity index (χ4n) is 3.52. The number of carbonyl (C=O) groups excluding carboxylic acids is 2. The Bertz CT molecular complexity index is 769. The molecule has 4 N–H and O–H groups in total. The van der Waals surface area contributed by atoms with Crippen LogP contribution in [0.2, 0.25) is 0 Å². The van der Waals surface area contributed by atoms with Crippen molar-refractivity contribution >= 4 is 29.2 Å². The fourth-order valence-corrected chi connectivity index (χ4v) is 4.05. The van der Waals surface area contributed by atoms with Gasteiger partial charge in [-0.05, 0) is 12.8 Å². The number of esters is 1. The molecule has 0 aromatic carbocycles. The van der Waals surface area contributed by atoms with Crippen LogP contribution in [0.4, 0.5) is 0 Å². The molecule has 3 atom stereocenters. The number of likely N-dealkylation sites (N-methyl/N-ethyl adjacent to an activating group) is 1. The van der Waals surface area contributed by atoms with Gasteiger partial charge in [-0.15, -0.1) is 4.37 Å². The molecule has 9 nitrogen and oxygen atoms in total. The van der Waals surface area contributed by atoms with E-state index in [2.05, 4.69) is 21.7 Å². The van der Waals surface area contributed by atoms with Crippen LogP contribution < -0.4 is 16.2 Å². The van der Waals surface area contributed by atoms with E-state index < -0.39 is 24.1 Å². The van der Waals surface area contributed by atoms with E-state index in [-0.39, 0.29) is 12.8 Å². The molecule has 2 rings (SSSR count). The second kappa shape index (κ2) is 12.1. The summed E-state index contributed by atoms with van der Waals surface area (Å²) in [6.07, 6.45) is 7.36. The zero-order chi connectivity index (χ0) is 22.9. The summed E-state index contributed by atoms with van der Waals surface area (Å²) in [6, 6.07) is -0.864. The van der Waals surface area contributed by atoms with Gasteiger partial charge < -0.3 is 20.9 Å². The lowest BCUT2D eigenvalue weighted by atomic mass is 10.0. The van der Waals surface area contributed by atoms with Crippen LogP contribution in [0.3, 0.4) is 0 Å². The second-order valence-corrected chi connectivity index (χ2v) is 8.88. The summed E-state index contributed by atoms with van der Waals surface area (Å²) in [5.74, 6) is -0.420. The Morgan fingerprint density at radius 3 is 2.77 bits per heavy atom. The number of nitrogens with zero attached hydrogens (tertiary/aromatic N) is 3. The highest BCUT2D eigenvalue weighted by Crippen LogP contribution is 2.31. The summed E-state index contributed by atoms with van der Waals surface area (Å²) in [4.78, 5) is 23.3. The van der Waals surface area contributed by atoms with Gasteiger partial charge in [0, 0.05) is 25.3 Å². The summed E-state index contributed by atoms with van der Waals surface area (Å²) < 4.78 is 20.8. The summed E-state index contributed by atoms with van der Waals surface area (Å²) >= 11 is 1.15. The highest BCUT2D eigenvalue weighted by molar-refractivity contribution is 6.99. The fraction of sp³-hybridized carbons (Fsp3) is 0.714. The van der Waals surface area contributed by atoms with Gasteiger partial charge in [0.15, 0.2) is 0 Å². The normalized spacial score (nSPS) is 20.6. The number of carbonyl (C=O) groups is 2. The molecule has 1 aromatic heterocycles. The van der Waals surface area contributed by atoms with E-state index in [9.17, 15) is 9.59 Å². The Balaban J connectivity index is 1.96. The number of rotatable bonds is 13. The van der Waals surface area contributed by atoms with Crippen LogP contribution >= 0.6 is 11.7 Å². The average Bonchev–Trinajstić information content (AvgIpc) is 3.20. The number of unbranched alkanes of at least 4 members (excludes halogenated alkanes) is 3. The highest BCUT2D eigenvalue weighted by atomic mass is 32.1. The number of hydrogen-bond donors (Lipinski definition) is 2. The van der Waals surface area contributed by atoms with Crippen molar-refractivity contribution in [1.29, 1.82) is 0 Å². The Morgan fingerprint density at radius 2 is 2.06 bits per heavy atom. The van der Waals surface area contributed by atoms with Crippen molar-refractivity contribution in [3.63, 3.8) is 0 Å². The summed E-state index contributed by atoms with van der Waals surface area (Å²) in [5, 5.41) is 0. The van der Waals surface area contributed by atoms with Crippen LogP contribution in [0.5, 0.6) is 5.88 Å². The molecule has 1 aliphatic rings. The lowest BCUT2D eigenvalue weighted by Gasteiger charge is -2.41. The lowest BCUT2D eigenvalue weighted by Crippen LogP contribution is -2.56. The van der Waals surface area contributed by atoms with E-state index in [4.69, 9.17) is 20.9 Å². The van der Waals surface area contributed by atoms with Crippen molar-refractivity contribution in [2.45, 2.75) is 71.1 Å². The molecule has 1 aromatic rings. The van der Waals surface area contributed by atoms with Gasteiger partial charge in [-0.3, -0.25) is 14.1 Å². The predicted molar refractivity (Wildman–Crippen MR) is 120 cm³/mol. The number of amides is 1. The van der Waals surface area contributed by atoms with E-state index in [0.29, 0.717) is 23.5 Å². The Hall–Kier alpha value is -2.04. The first kappa shape index (κ1) is 25.2.